The van der Waals surface area contributed by atoms with E-state index in [4.69, 9.17) is 19.6 Å². The van der Waals surface area contributed by atoms with Gasteiger partial charge < -0.3 is 29.7 Å². The largest absolute Gasteiger partial charge is 0.487 e. The van der Waals surface area contributed by atoms with Crippen molar-refractivity contribution in [1.29, 1.82) is 5.41 Å². The molecule has 0 atom stereocenters. The number of rotatable bonds is 13. The van der Waals surface area contributed by atoms with Gasteiger partial charge in [-0.15, -0.1) is 0 Å². The fraction of sp³-hybridized carbons (Fsp3) is 0.424. The van der Waals surface area contributed by atoms with Crippen LogP contribution in [0.15, 0.2) is 60.8 Å². The van der Waals surface area contributed by atoms with Crippen molar-refractivity contribution >= 4 is 28.7 Å². The Labute approximate surface area is 258 Å². The van der Waals surface area contributed by atoms with Crippen molar-refractivity contribution in [3.8, 4) is 11.5 Å². The maximum Gasteiger partial charge on any atom is 0.325 e. The summed E-state index contributed by atoms with van der Waals surface area (Å²) < 4.78 is 19.3. The SMILES string of the molecule is CCOCCOc1cc2c(ccn2C(=O)NC)cc1OC1(CC(=N)NC(=O)c2ccc(CN3CCN(CC)CC3)cc2)C=C1. The van der Waals surface area contributed by atoms with Crippen LogP contribution in [0.25, 0.3) is 10.9 Å². The summed E-state index contributed by atoms with van der Waals surface area (Å²) >= 11 is 0. The maximum atomic E-state index is 12.9. The molecule has 3 aromatic rings. The number of amidine groups is 1. The van der Waals surface area contributed by atoms with Gasteiger partial charge in [0.25, 0.3) is 5.91 Å². The summed E-state index contributed by atoms with van der Waals surface area (Å²) in [5, 5.41) is 14.7. The van der Waals surface area contributed by atoms with Gasteiger partial charge in [-0.3, -0.25) is 19.7 Å². The second-order valence-electron chi connectivity index (χ2n) is 11.1. The molecule has 1 saturated heterocycles. The van der Waals surface area contributed by atoms with Crippen LogP contribution >= 0.6 is 0 Å². The smallest absolute Gasteiger partial charge is 0.325 e. The van der Waals surface area contributed by atoms with Crippen LogP contribution in [-0.2, 0) is 11.3 Å². The van der Waals surface area contributed by atoms with E-state index >= 15 is 0 Å². The number of ether oxygens (including phenoxy) is 3. The fourth-order valence-corrected chi connectivity index (χ4v) is 5.32. The Hall–Kier alpha value is -4.19. The summed E-state index contributed by atoms with van der Waals surface area (Å²) in [6.07, 6.45) is 5.54. The van der Waals surface area contributed by atoms with Gasteiger partial charge in [-0.1, -0.05) is 19.1 Å². The van der Waals surface area contributed by atoms with E-state index in [9.17, 15) is 9.59 Å². The first-order valence-electron chi connectivity index (χ1n) is 15.2. The monoisotopic (exact) mass is 602 g/mol. The number of hydrogen-bond donors (Lipinski definition) is 3. The Bertz CT molecular complexity index is 1500. The first-order valence-corrected chi connectivity index (χ1v) is 15.2. The Morgan fingerprint density at radius 1 is 0.955 bits per heavy atom. The van der Waals surface area contributed by atoms with Crippen LogP contribution in [0.1, 0.15) is 36.2 Å². The molecule has 1 fully saturated rings. The van der Waals surface area contributed by atoms with Crippen molar-refractivity contribution in [2.24, 2.45) is 0 Å². The number of likely N-dealkylation sites (N-methyl/N-ethyl adjacent to an activating group) is 1. The molecule has 2 aliphatic rings. The second kappa shape index (κ2) is 14.1. The third-order valence-corrected chi connectivity index (χ3v) is 7.97. The normalized spacial score (nSPS) is 16.1. The van der Waals surface area contributed by atoms with Crippen molar-refractivity contribution in [2.45, 2.75) is 32.4 Å². The van der Waals surface area contributed by atoms with Gasteiger partial charge in [0.05, 0.1) is 18.5 Å². The van der Waals surface area contributed by atoms with Crippen LogP contribution in [0.3, 0.4) is 0 Å². The molecular formula is C33H42N6O5. The van der Waals surface area contributed by atoms with E-state index in [1.165, 1.54) is 4.57 Å². The lowest BCUT2D eigenvalue weighted by Gasteiger charge is -2.34. The number of nitrogens with zero attached hydrogens (tertiary/aromatic N) is 3. The number of benzene rings is 2. The first-order chi connectivity index (χ1) is 21.3. The van der Waals surface area contributed by atoms with Crippen molar-refractivity contribution in [3.05, 3.63) is 71.9 Å². The predicted molar refractivity (Wildman–Crippen MR) is 170 cm³/mol. The molecule has 0 unspecified atom stereocenters. The van der Waals surface area contributed by atoms with Crippen LogP contribution in [0.2, 0.25) is 0 Å². The predicted octanol–water partition coefficient (Wildman–Crippen LogP) is 3.87. The van der Waals surface area contributed by atoms with Crippen LogP contribution in [-0.4, -0.2) is 97.3 Å². The summed E-state index contributed by atoms with van der Waals surface area (Å²) in [5.74, 6) is 0.644. The molecule has 3 N–H and O–H groups in total. The summed E-state index contributed by atoms with van der Waals surface area (Å²) in [6.45, 7) is 11.6. The van der Waals surface area contributed by atoms with Crippen molar-refractivity contribution < 1.29 is 23.8 Å². The van der Waals surface area contributed by atoms with E-state index in [1.807, 2.05) is 55.5 Å². The third-order valence-electron chi connectivity index (χ3n) is 7.97. The lowest BCUT2D eigenvalue weighted by atomic mass is 10.1. The highest BCUT2D eigenvalue weighted by Crippen LogP contribution is 2.40. The number of nitrogens with one attached hydrogen (secondary N) is 3. The molecule has 0 radical (unpaired) electrons. The van der Waals surface area contributed by atoms with Gasteiger partial charge in [-0.05, 0) is 55.4 Å². The van der Waals surface area contributed by atoms with Crippen molar-refractivity contribution in [2.75, 3.05) is 59.6 Å². The number of piperazine rings is 1. The highest BCUT2D eigenvalue weighted by atomic mass is 16.5. The van der Waals surface area contributed by atoms with Gasteiger partial charge in [0.2, 0.25) is 0 Å². The number of aromatic nitrogens is 1. The molecule has 11 heteroatoms. The Morgan fingerprint density at radius 2 is 1.68 bits per heavy atom. The third kappa shape index (κ3) is 7.65. The van der Waals surface area contributed by atoms with Gasteiger partial charge in [0.1, 0.15) is 12.4 Å². The lowest BCUT2D eigenvalue weighted by molar-refractivity contribution is 0.0974. The Balaban J connectivity index is 1.20. The summed E-state index contributed by atoms with van der Waals surface area (Å²) in [4.78, 5) is 30.2. The molecule has 2 heterocycles. The first kappa shape index (κ1) is 31.2. The van der Waals surface area contributed by atoms with E-state index in [-0.39, 0.29) is 24.2 Å². The van der Waals surface area contributed by atoms with E-state index in [0.29, 0.717) is 42.4 Å². The van der Waals surface area contributed by atoms with Crippen LogP contribution in [0.4, 0.5) is 4.79 Å². The quantitative estimate of drug-likeness (QED) is 0.118. The number of amides is 2. The minimum atomic E-state index is -0.856. The van der Waals surface area contributed by atoms with Gasteiger partial charge in [-0.25, -0.2) is 4.79 Å². The molecule has 0 saturated carbocycles. The topological polar surface area (TPSA) is 121 Å². The van der Waals surface area contributed by atoms with Crippen LogP contribution in [0, 0.1) is 5.41 Å². The van der Waals surface area contributed by atoms with E-state index < -0.39 is 5.60 Å². The number of carbonyl (C=O) groups excluding carboxylic acids is 2. The average molecular weight is 603 g/mol. The zero-order chi connectivity index (χ0) is 31.1. The number of hydrogen-bond acceptors (Lipinski definition) is 8. The van der Waals surface area contributed by atoms with Crippen molar-refractivity contribution in [3.63, 3.8) is 0 Å². The fourth-order valence-electron chi connectivity index (χ4n) is 5.32. The van der Waals surface area contributed by atoms with Gasteiger partial charge >= 0.3 is 6.03 Å². The second-order valence-corrected chi connectivity index (χ2v) is 11.1. The minimum absolute atomic E-state index is 0.0449. The molecule has 2 aromatic carbocycles. The van der Waals surface area contributed by atoms with Gasteiger partial charge in [0.15, 0.2) is 17.1 Å². The van der Waals surface area contributed by atoms with E-state index in [2.05, 4.69) is 27.4 Å². The molecule has 1 aliphatic carbocycles. The standard InChI is InChI=1S/C33H42N6O5/c1-4-37-14-16-38(17-15-37)23-24-6-8-25(9-7-24)31(40)36-30(34)22-33(11-12-33)44-29-20-26-10-13-39(32(41)35-3)27(26)21-28(29)43-19-18-42-5-2/h6-13,20-21H,4-5,14-19,22-23H2,1-3H3,(H,35,41)(H2,34,36,40). The molecule has 5 rings (SSSR count). The van der Waals surface area contributed by atoms with Gasteiger partial charge in [-0.2, -0.15) is 0 Å². The average Bonchev–Trinajstić information content (AvgIpc) is 3.65. The zero-order valence-electron chi connectivity index (χ0n) is 25.7. The van der Waals surface area contributed by atoms with Crippen LogP contribution < -0.4 is 20.1 Å². The molecule has 11 nitrogen and oxygen atoms in total. The van der Waals surface area contributed by atoms with E-state index in [1.54, 1.807) is 19.3 Å². The molecule has 1 aliphatic heterocycles. The highest BCUT2D eigenvalue weighted by molar-refractivity contribution is 6.06. The van der Waals surface area contributed by atoms with Crippen LogP contribution in [0.5, 0.6) is 11.5 Å². The maximum absolute atomic E-state index is 12.9. The molecular weight excluding hydrogens is 560 g/mol. The lowest BCUT2D eigenvalue weighted by Crippen LogP contribution is -2.45. The molecule has 0 bridgehead atoms. The van der Waals surface area contributed by atoms with Gasteiger partial charge in [0, 0.05) is 69.6 Å². The Kier molecular flexibility index (Phi) is 9.99. The van der Waals surface area contributed by atoms with E-state index in [0.717, 1.165) is 50.2 Å². The molecule has 2 amide bonds. The molecule has 0 spiro atoms. The Morgan fingerprint density at radius 3 is 2.34 bits per heavy atom. The minimum Gasteiger partial charge on any atom is -0.487 e. The molecule has 234 valence electrons. The number of carbonyl (C=O) groups is 2. The summed E-state index contributed by atoms with van der Waals surface area (Å²) in [7, 11) is 1.58. The summed E-state index contributed by atoms with van der Waals surface area (Å²) in [6, 6.07) is 12.7. The summed E-state index contributed by atoms with van der Waals surface area (Å²) in [5.41, 5.74) is 1.48. The highest BCUT2D eigenvalue weighted by Gasteiger charge is 2.39. The van der Waals surface area contributed by atoms with Crippen molar-refractivity contribution in [1.82, 2.24) is 25.0 Å². The molecule has 1 aromatic heterocycles. The number of fused-ring (bicyclic) bond motifs is 1. The molecule has 44 heavy (non-hydrogen) atoms. The zero-order valence-corrected chi connectivity index (χ0v) is 25.7.